The van der Waals surface area contributed by atoms with Crippen LogP contribution in [0, 0.1) is 0 Å². The van der Waals surface area contributed by atoms with E-state index in [2.05, 4.69) is 0 Å². The highest BCUT2D eigenvalue weighted by Gasteiger charge is 2.26. The van der Waals surface area contributed by atoms with Crippen molar-refractivity contribution in [2.24, 2.45) is 0 Å². The molecule has 8 aromatic carbocycles. The minimum Gasteiger partial charge on any atom is -0.455 e. The molecule has 0 saturated carbocycles. The molecule has 0 fully saturated rings. The number of fused-ring (bicyclic) bond motifs is 4. The van der Waals surface area contributed by atoms with Crippen LogP contribution >= 0.6 is 0 Å². The number of benzene rings is 8. The van der Waals surface area contributed by atoms with Crippen molar-refractivity contribution < 1.29 is 35.9 Å². The molecule has 9 aromatic rings. The summed E-state index contributed by atoms with van der Waals surface area (Å²) in [5.41, 5.74) is -3.93. The molecule has 0 unspecified atom stereocenters. The Labute approximate surface area is 293 Å². The predicted molar refractivity (Wildman–Crippen MR) is 190 cm³/mol. The van der Waals surface area contributed by atoms with Crippen molar-refractivity contribution in [3.63, 3.8) is 0 Å². The Hall–Kier alpha value is -5.92. The Balaban J connectivity index is 1.73. The average molecular weight is 596 g/mol. The molecule has 0 radical (unpaired) electrons. The quantitative estimate of drug-likeness (QED) is 0.184. The maximum Gasteiger partial charge on any atom is 0.143 e. The van der Waals surface area contributed by atoms with Gasteiger partial charge in [0.25, 0.3) is 0 Å². The molecule has 0 N–H and O–H groups in total. The SMILES string of the molecule is [2H]c1c([2H])c([2H])c(-c2c([2H])c([2H])c([2H])c3c(-c4c5c([2H])c([2H])c([2H])c([2H])c5c(-c5ccccc5)c5c([2H])c([2H])c([2H])c([2H])c45)c(-c4c([2H])c([2H])c([2H])c5c([2H])c([2H])c([2H])c([2H])c45)oc23)c([2H])c1[2H]. The Bertz CT molecular complexity index is 3700. The first-order valence-corrected chi connectivity index (χ1v) is 13.6. The van der Waals surface area contributed by atoms with Gasteiger partial charge in [0, 0.05) is 27.6 Å². The van der Waals surface area contributed by atoms with Crippen LogP contribution in [-0.2, 0) is 0 Å². The minimum absolute atomic E-state index is 0.0963. The summed E-state index contributed by atoms with van der Waals surface area (Å²) in [6.07, 6.45) is 0. The highest BCUT2D eigenvalue weighted by Crippen LogP contribution is 2.51. The molecule has 0 aliphatic heterocycles. The van der Waals surface area contributed by atoms with Crippen LogP contribution in [0.3, 0.4) is 0 Å². The van der Waals surface area contributed by atoms with Crippen LogP contribution in [0.15, 0.2) is 174 Å². The second-order valence-corrected chi connectivity index (χ2v) is 9.88. The number of hydrogen-bond acceptors (Lipinski definition) is 1. The molecule has 0 atom stereocenters. The number of hydrogen-bond donors (Lipinski definition) is 0. The molecule has 0 aliphatic carbocycles. The van der Waals surface area contributed by atoms with Crippen LogP contribution in [0.5, 0.6) is 0 Å². The lowest BCUT2D eigenvalue weighted by atomic mass is 9.84. The zero-order valence-corrected chi connectivity index (χ0v) is 22.8. The van der Waals surface area contributed by atoms with Crippen LogP contribution < -0.4 is 0 Å². The summed E-state index contributed by atoms with van der Waals surface area (Å²) in [5, 5.41) is -3.49. The van der Waals surface area contributed by atoms with Gasteiger partial charge in [-0.25, -0.2) is 0 Å². The smallest absolute Gasteiger partial charge is 0.143 e. The van der Waals surface area contributed by atoms with Crippen molar-refractivity contribution in [2.45, 2.75) is 0 Å². The number of rotatable bonds is 4. The third kappa shape index (κ3) is 4.02. The summed E-state index contributed by atoms with van der Waals surface area (Å²) in [5.74, 6) is -0.796. The van der Waals surface area contributed by atoms with Gasteiger partial charge in [0.1, 0.15) is 11.3 Å². The first-order chi connectivity index (χ1) is 31.9. The van der Waals surface area contributed by atoms with Crippen molar-refractivity contribution in [1.82, 2.24) is 0 Å². The van der Waals surface area contributed by atoms with E-state index in [9.17, 15) is 11.0 Å². The molecule has 1 aromatic heterocycles. The van der Waals surface area contributed by atoms with Crippen molar-refractivity contribution in [1.29, 1.82) is 0 Å². The lowest BCUT2D eigenvalue weighted by Crippen LogP contribution is -1.91. The van der Waals surface area contributed by atoms with Crippen LogP contribution in [0.2, 0.25) is 0 Å². The van der Waals surface area contributed by atoms with Crippen molar-refractivity contribution in [2.75, 3.05) is 0 Å². The summed E-state index contributed by atoms with van der Waals surface area (Å²) >= 11 is 0. The largest absolute Gasteiger partial charge is 0.455 e. The standard InChI is InChI=1S/C44H28O/c1-3-15-30(16-4-1)33-26-14-28-39-42(44(45-43(33)39)38-27-13-20-29-17-7-8-21-32(29)38)41-36-24-11-9-22-34(36)40(31-18-5-2-6-19-31)35-23-10-12-25-37(35)41/h1-28H/i1D,3D,4D,7D,8D,9D,10D,11D,12D,13D,14D,15D,16D,17D,20D,21D,22D,23D,24D,25D,26D,27D,28D. The van der Waals surface area contributed by atoms with E-state index in [4.69, 9.17) is 25.0 Å². The molecule has 1 nitrogen and oxygen atoms in total. The van der Waals surface area contributed by atoms with E-state index < -0.39 is 205 Å². The monoisotopic (exact) mass is 595 g/mol. The molecular weight excluding hydrogens is 544 g/mol. The first kappa shape index (κ1) is 11.5. The van der Waals surface area contributed by atoms with Gasteiger partial charge in [-0.05, 0) is 49.0 Å². The molecule has 9 rings (SSSR count). The van der Waals surface area contributed by atoms with Crippen LogP contribution in [-0.4, -0.2) is 0 Å². The molecule has 1 heterocycles. The van der Waals surface area contributed by atoms with E-state index >= 15 is 0 Å². The van der Waals surface area contributed by atoms with E-state index in [1.54, 1.807) is 18.2 Å². The molecular formula is C44H28O. The summed E-state index contributed by atoms with van der Waals surface area (Å²) in [6, 6.07) is -11.8. The summed E-state index contributed by atoms with van der Waals surface area (Å²) in [4.78, 5) is 0. The molecule has 0 amide bonds. The average Bonchev–Trinajstić information content (AvgIpc) is 3.71. The van der Waals surface area contributed by atoms with E-state index in [0.29, 0.717) is 0 Å². The maximum atomic E-state index is 9.56. The van der Waals surface area contributed by atoms with Crippen molar-refractivity contribution in [3.05, 3.63) is 169 Å². The second kappa shape index (κ2) is 10.4. The summed E-state index contributed by atoms with van der Waals surface area (Å²) < 4.78 is 213. The van der Waals surface area contributed by atoms with Crippen LogP contribution in [0.25, 0.3) is 88.0 Å². The number of para-hydroxylation sites is 1. The van der Waals surface area contributed by atoms with Gasteiger partial charge >= 0.3 is 0 Å². The maximum absolute atomic E-state index is 9.56. The predicted octanol–water partition coefficient (Wildman–Crippen LogP) is 12.6. The van der Waals surface area contributed by atoms with Gasteiger partial charge in [-0.15, -0.1) is 0 Å². The molecule has 0 spiro atoms. The van der Waals surface area contributed by atoms with E-state index in [-0.39, 0.29) is 21.9 Å². The molecule has 0 saturated heterocycles. The zero-order chi connectivity index (χ0) is 49.8. The van der Waals surface area contributed by atoms with Gasteiger partial charge in [-0.2, -0.15) is 0 Å². The van der Waals surface area contributed by atoms with Gasteiger partial charge in [0.2, 0.25) is 0 Å². The van der Waals surface area contributed by atoms with Gasteiger partial charge in [0.15, 0.2) is 0 Å². The normalized spacial score (nSPS) is 18.7. The fraction of sp³-hybridized carbons (Fsp3) is 0. The van der Waals surface area contributed by atoms with E-state index in [0.717, 1.165) is 0 Å². The van der Waals surface area contributed by atoms with Gasteiger partial charge in [-0.1, -0.05) is 169 Å². The Morgan fingerprint density at radius 3 is 1.62 bits per heavy atom. The van der Waals surface area contributed by atoms with E-state index in [1.807, 2.05) is 0 Å². The molecule has 210 valence electrons. The Morgan fingerprint density at radius 1 is 0.378 bits per heavy atom. The minimum atomic E-state index is -0.966. The fourth-order valence-electron chi connectivity index (χ4n) is 5.66. The highest BCUT2D eigenvalue weighted by atomic mass is 16.3. The topological polar surface area (TPSA) is 13.1 Å². The lowest BCUT2D eigenvalue weighted by molar-refractivity contribution is 0.634. The lowest BCUT2D eigenvalue weighted by Gasteiger charge is -2.18. The highest BCUT2D eigenvalue weighted by molar-refractivity contribution is 6.25. The van der Waals surface area contributed by atoms with Crippen LogP contribution in [0.1, 0.15) is 31.5 Å². The fourth-order valence-corrected chi connectivity index (χ4v) is 5.66. The van der Waals surface area contributed by atoms with Gasteiger partial charge < -0.3 is 4.42 Å². The third-order valence-electron chi connectivity index (χ3n) is 7.49. The Morgan fingerprint density at radius 2 is 0.911 bits per heavy atom. The van der Waals surface area contributed by atoms with Crippen molar-refractivity contribution >= 4 is 43.3 Å². The second-order valence-electron chi connectivity index (χ2n) is 9.88. The molecule has 1 heteroatoms. The van der Waals surface area contributed by atoms with Gasteiger partial charge in [0.05, 0.1) is 31.5 Å². The summed E-state index contributed by atoms with van der Waals surface area (Å²) in [7, 11) is 0. The summed E-state index contributed by atoms with van der Waals surface area (Å²) in [6.45, 7) is 0. The third-order valence-corrected chi connectivity index (χ3v) is 7.49. The first-order valence-electron chi connectivity index (χ1n) is 25.1. The van der Waals surface area contributed by atoms with E-state index in [1.165, 1.54) is 12.1 Å². The molecule has 45 heavy (non-hydrogen) atoms. The Kier molecular flexibility index (Phi) is 2.66. The zero-order valence-electron chi connectivity index (χ0n) is 45.8. The number of furan rings is 1. The van der Waals surface area contributed by atoms with Gasteiger partial charge in [-0.3, -0.25) is 0 Å². The van der Waals surface area contributed by atoms with Crippen molar-refractivity contribution in [3.8, 4) is 44.7 Å². The molecule has 0 bridgehead atoms. The molecule has 0 aliphatic rings. The van der Waals surface area contributed by atoms with Crippen LogP contribution in [0.4, 0.5) is 0 Å².